The number of aromatic nitrogens is 1. The molecule has 0 bridgehead atoms. The molecule has 422 valence electrons. The predicted molar refractivity (Wildman–Crippen MR) is 302 cm³/mol. The van der Waals surface area contributed by atoms with Crippen LogP contribution in [-0.2, 0) is 33.5 Å². The van der Waals surface area contributed by atoms with Crippen LogP contribution in [0.15, 0.2) is 91.0 Å². The molecule has 0 spiro atoms. The van der Waals surface area contributed by atoms with Crippen LogP contribution in [0.3, 0.4) is 0 Å². The largest absolute Gasteiger partial charge is 0.454 e. The average Bonchev–Trinajstić information content (AvgIpc) is 4.18. The van der Waals surface area contributed by atoms with E-state index in [9.17, 15) is 43.2 Å². The van der Waals surface area contributed by atoms with Crippen LogP contribution < -0.4 is 36.6 Å². The Kier molecular flexibility index (Phi) is 18.8. The number of carbonyl (C=O) groups is 9. The Morgan fingerprint density at radius 3 is 2.20 bits per heavy atom. The van der Waals surface area contributed by atoms with Crippen molar-refractivity contribution in [3.63, 3.8) is 0 Å². The molecule has 0 unspecified atom stereocenters. The van der Waals surface area contributed by atoms with Gasteiger partial charge in [-0.3, -0.25) is 43.8 Å². The van der Waals surface area contributed by atoms with Crippen molar-refractivity contribution in [2.75, 3.05) is 74.3 Å². The van der Waals surface area contributed by atoms with E-state index >= 15 is 0 Å². The minimum absolute atomic E-state index is 0.0376. The van der Waals surface area contributed by atoms with Gasteiger partial charge in [0, 0.05) is 109 Å². The molecule has 80 heavy (non-hydrogen) atoms. The van der Waals surface area contributed by atoms with E-state index in [-0.39, 0.29) is 48.3 Å². The lowest BCUT2D eigenvalue weighted by Gasteiger charge is -2.31. The molecule has 1 aromatic heterocycles. The Hall–Kier alpha value is -7.98. The molecule has 3 aliphatic rings. The summed E-state index contributed by atoms with van der Waals surface area (Å²) in [5, 5.41) is 13.3. The van der Waals surface area contributed by atoms with Gasteiger partial charge in [-0.25, -0.2) is 9.59 Å². The van der Waals surface area contributed by atoms with Crippen molar-refractivity contribution in [1.82, 2.24) is 30.3 Å². The minimum atomic E-state index is -1.52. The summed E-state index contributed by atoms with van der Waals surface area (Å²) in [6, 6.07) is 21.0. The Balaban J connectivity index is 0.929. The van der Waals surface area contributed by atoms with Crippen LogP contribution in [0.1, 0.15) is 98.0 Å². The highest BCUT2D eigenvalue weighted by Crippen LogP contribution is 2.46. The van der Waals surface area contributed by atoms with E-state index in [4.69, 9.17) is 26.8 Å². The van der Waals surface area contributed by atoms with Crippen molar-refractivity contribution in [3.8, 4) is 5.75 Å². The van der Waals surface area contributed by atoms with Gasteiger partial charge in [-0.2, -0.15) is 0 Å². The molecular weight excluding hydrogens is 1050 g/mol. The fourth-order valence-corrected chi connectivity index (χ4v) is 10.1. The van der Waals surface area contributed by atoms with Crippen molar-refractivity contribution in [3.05, 3.63) is 108 Å². The van der Waals surface area contributed by atoms with Gasteiger partial charge >= 0.3 is 12.1 Å². The van der Waals surface area contributed by atoms with Gasteiger partial charge in [-0.15, -0.1) is 11.6 Å². The zero-order chi connectivity index (χ0) is 57.3. The van der Waals surface area contributed by atoms with Crippen molar-refractivity contribution in [2.45, 2.75) is 89.4 Å². The molecule has 3 aliphatic heterocycles. The Bertz CT molecular complexity index is 3200. The lowest BCUT2D eigenvalue weighted by atomic mass is 9.95. The number of nitrogens with two attached hydrogens (primary N) is 1. The summed E-state index contributed by atoms with van der Waals surface area (Å²) in [5.41, 5.74) is 8.07. The van der Waals surface area contributed by atoms with Gasteiger partial charge in [0.25, 0.3) is 35.3 Å². The summed E-state index contributed by atoms with van der Waals surface area (Å²) in [5.74, 6) is -4.57. The third kappa shape index (κ3) is 14.2. The maximum Gasteiger partial charge on any atom is 0.415 e. The minimum Gasteiger partial charge on any atom is -0.454 e. The van der Waals surface area contributed by atoms with Crippen molar-refractivity contribution in [2.24, 2.45) is 5.73 Å². The number of piperazine rings is 1. The lowest BCUT2D eigenvalue weighted by molar-refractivity contribution is -0.163. The summed E-state index contributed by atoms with van der Waals surface area (Å²) >= 11 is 6.56. The summed E-state index contributed by atoms with van der Waals surface area (Å²) in [7, 11) is 2.01. The number of Topliss-reactive ketones (excluding diaryl/α,β-unsaturated/α-hetero) is 1. The highest BCUT2D eigenvalue weighted by molar-refractivity contribution is 6.36. The number of aromatic amines is 1. The number of halogens is 1. The molecule has 3 atom stereocenters. The van der Waals surface area contributed by atoms with Crippen LogP contribution >= 0.6 is 11.6 Å². The highest BCUT2D eigenvalue weighted by Gasteiger charge is 2.37. The standard InChI is InChI=1S/C58H67ClN10O11/c1-58(2,3)80-56(77)51(73)43(14-9-10-24-60)64-52(65-47(70)15-6-5-11-25-68-48(71)22-23-49(68)72)54(75)61-38-18-16-35(17-19-38)53(74)62-39-20-21-42-36(30-39)31-44(63-42)55(76)69-34-37(33-59)50-41-13-8-7-12-40(41)46(32-45(50)69)79-57(78)67-28-26-66(4)27-29-67/h7-8,12-13,16-23,30-32,37,43,52,63-64H,5-6,9-11,14-15,24-29,33-34,60H2,1-4H3,(H,61,75)(H,62,74)(H,65,70)/t37-,43+,52-/m1/s1. The van der Waals surface area contributed by atoms with E-state index in [2.05, 4.69) is 31.2 Å². The first-order valence-corrected chi connectivity index (χ1v) is 27.3. The molecule has 0 aliphatic carbocycles. The normalized spacial score (nSPS) is 16.2. The Labute approximate surface area is 467 Å². The quantitative estimate of drug-likeness (QED) is 0.0113. The van der Waals surface area contributed by atoms with Gasteiger partial charge in [0.15, 0.2) is 6.17 Å². The zero-order valence-electron chi connectivity index (χ0n) is 45.2. The van der Waals surface area contributed by atoms with Crippen molar-refractivity contribution >= 4 is 104 Å². The van der Waals surface area contributed by atoms with Crippen molar-refractivity contribution in [1.29, 1.82) is 0 Å². The Morgan fingerprint density at radius 1 is 0.812 bits per heavy atom. The second-order valence-electron chi connectivity index (χ2n) is 21.1. The van der Waals surface area contributed by atoms with Crippen LogP contribution in [0.25, 0.3) is 21.7 Å². The number of rotatable bonds is 22. The maximum absolute atomic E-state index is 14.5. The number of anilines is 3. The SMILES string of the molecule is CN1CCN(C(=O)Oc2cc3c(c4ccccc24)[C@H](CCl)CN3C(=O)c2cc3cc(NC(=O)c4ccc(NC(=O)[C@@H](NC(=O)CCCCCN5C(=O)C=CC5=O)N[C@@H](CCCCN)C(=O)C(=O)OC(C)(C)C)cc4)ccc3[nH]2)CC1. The molecular formula is C58H67ClN10O11. The zero-order valence-corrected chi connectivity index (χ0v) is 46.0. The maximum atomic E-state index is 14.5. The van der Waals surface area contributed by atoms with E-state index in [0.29, 0.717) is 92.0 Å². The first-order valence-electron chi connectivity index (χ1n) is 26.8. The summed E-state index contributed by atoms with van der Waals surface area (Å²) in [6.07, 6.45) is 2.71. The van der Waals surface area contributed by atoms with E-state index < -0.39 is 65.2 Å². The van der Waals surface area contributed by atoms with E-state index in [1.807, 2.05) is 31.3 Å². The molecule has 8 rings (SSSR count). The number of carbonyl (C=O) groups excluding carboxylic acids is 9. The second kappa shape index (κ2) is 25.9. The van der Waals surface area contributed by atoms with Crippen LogP contribution in [0, 0.1) is 0 Å². The topological polar surface area (TPSA) is 275 Å². The number of nitrogens with zero attached hydrogens (tertiary/aromatic N) is 4. The number of benzene rings is 4. The van der Waals surface area contributed by atoms with Gasteiger partial charge in [-0.05, 0) is 120 Å². The number of imide groups is 1. The van der Waals surface area contributed by atoms with Crippen LogP contribution in [0.5, 0.6) is 5.75 Å². The smallest absolute Gasteiger partial charge is 0.415 e. The number of alkyl halides is 1. The molecule has 1 saturated heterocycles. The first-order chi connectivity index (χ1) is 38.3. The van der Waals surface area contributed by atoms with E-state index in [1.54, 1.807) is 60.9 Å². The number of nitrogens with one attached hydrogen (secondary N) is 5. The average molecular weight is 1120 g/mol. The molecule has 7 N–H and O–H groups in total. The monoisotopic (exact) mass is 1110 g/mol. The second-order valence-corrected chi connectivity index (χ2v) is 21.4. The lowest BCUT2D eigenvalue weighted by Crippen LogP contribution is -2.58. The number of esters is 1. The third-order valence-corrected chi connectivity index (χ3v) is 14.4. The molecule has 7 amide bonds. The van der Waals surface area contributed by atoms with E-state index in [1.165, 1.54) is 36.4 Å². The van der Waals surface area contributed by atoms with Gasteiger partial charge < -0.3 is 50.8 Å². The summed E-state index contributed by atoms with van der Waals surface area (Å²) < 4.78 is 11.4. The molecule has 22 heteroatoms. The number of ketones is 1. The van der Waals surface area contributed by atoms with E-state index in [0.717, 1.165) is 34.3 Å². The molecule has 1 fully saturated rings. The van der Waals surface area contributed by atoms with Gasteiger partial charge in [-0.1, -0.05) is 37.1 Å². The number of hydrogen-bond donors (Lipinski definition) is 6. The molecule has 5 aromatic rings. The summed E-state index contributed by atoms with van der Waals surface area (Å²) in [4.78, 5) is 129. The molecule has 0 radical (unpaired) electrons. The van der Waals surface area contributed by atoms with Gasteiger partial charge in [0.1, 0.15) is 17.0 Å². The van der Waals surface area contributed by atoms with Crippen molar-refractivity contribution < 1.29 is 52.6 Å². The number of unbranched alkanes of at least 4 members (excludes halogenated alkanes) is 3. The number of hydrogen-bond acceptors (Lipinski definition) is 14. The van der Waals surface area contributed by atoms with Crippen LogP contribution in [0.2, 0.25) is 0 Å². The Morgan fingerprint density at radius 2 is 1.51 bits per heavy atom. The number of amides is 7. The fraction of sp³-hybridized carbons (Fsp3) is 0.397. The molecule has 21 nitrogen and oxygen atoms in total. The number of ether oxygens (including phenoxy) is 2. The molecule has 4 heterocycles. The highest BCUT2D eigenvalue weighted by atomic mass is 35.5. The van der Waals surface area contributed by atoms with Crippen LogP contribution in [0.4, 0.5) is 21.9 Å². The summed E-state index contributed by atoms with van der Waals surface area (Å²) in [6.45, 7) is 8.18. The first kappa shape index (κ1) is 58.2. The number of fused-ring (bicyclic) bond motifs is 4. The fourth-order valence-electron chi connectivity index (χ4n) is 9.81. The third-order valence-electron chi connectivity index (χ3n) is 14.0. The van der Waals surface area contributed by atoms with Gasteiger partial charge in [0.2, 0.25) is 5.91 Å². The number of likely N-dealkylation sites (N-methyl/N-ethyl adjacent to an activating group) is 1. The van der Waals surface area contributed by atoms with Crippen LogP contribution in [-0.4, -0.2) is 150 Å². The predicted octanol–water partition coefficient (Wildman–Crippen LogP) is 6.17. The number of H-pyrrole nitrogens is 1. The molecule has 4 aromatic carbocycles. The molecule has 0 saturated carbocycles. The van der Waals surface area contributed by atoms with Gasteiger partial charge in [0.05, 0.1) is 11.7 Å².